The first kappa shape index (κ1) is 15.1. The van der Waals surface area contributed by atoms with E-state index >= 15 is 0 Å². The molecule has 1 aliphatic rings. The van der Waals surface area contributed by atoms with Crippen LogP contribution in [0.5, 0.6) is 0 Å². The molecule has 118 valence electrons. The summed E-state index contributed by atoms with van der Waals surface area (Å²) in [5.41, 5.74) is 1.50. The predicted molar refractivity (Wildman–Crippen MR) is 80.2 cm³/mol. The first-order valence-corrected chi connectivity index (χ1v) is 7.16. The van der Waals surface area contributed by atoms with E-state index in [9.17, 15) is 18.4 Å². The third-order valence-electron chi connectivity index (χ3n) is 3.85. The summed E-state index contributed by atoms with van der Waals surface area (Å²) in [4.78, 5) is 23.8. The van der Waals surface area contributed by atoms with Crippen LogP contribution >= 0.6 is 0 Å². The lowest BCUT2D eigenvalue weighted by molar-refractivity contribution is 0.0935. The molecule has 3 rings (SSSR count). The van der Waals surface area contributed by atoms with Gasteiger partial charge in [0.1, 0.15) is 0 Å². The van der Waals surface area contributed by atoms with Crippen molar-refractivity contribution in [2.75, 3.05) is 13.1 Å². The Balaban J connectivity index is 1.71. The van der Waals surface area contributed by atoms with Gasteiger partial charge in [0.25, 0.3) is 11.8 Å². The van der Waals surface area contributed by atoms with Crippen molar-refractivity contribution in [3.05, 3.63) is 70.8 Å². The van der Waals surface area contributed by atoms with Crippen molar-refractivity contribution < 1.29 is 18.4 Å². The van der Waals surface area contributed by atoms with E-state index in [0.29, 0.717) is 12.1 Å². The van der Waals surface area contributed by atoms with E-state index in [2.05, 4.69) is 10.6 Å². The molecule has 1 atom stereocenters. The Bertz CT molecular complexity index is 777. The van der Waals surface area contributed by atoms with E-state index < -0.39 is 17.5 Å². The number of halogens is 2. The zero-order chi connectivity index (χ0) is 16.4. The van der Waals surface area contributed by atoms with Gasteiger partial charge in [0.2, 0.25) is 0 Å². The Labute approximate surface area is 131 Å². The fourth-order valence-electron chi connectivity index (χ4n) is 2.62. The van der Waals surface area contributed by atoms with E-state index in [4.69, 9.17) is 0 Å². The van der Waals surface area contributed by atoms with Gasteiger partial charge in [-0.1, -0.05) is 18.2 Å². The minimum Gasteiger partial charge on any atom is -0.351 e. The van der Waals surface area contributed by atoms with Gasteiger partial charge < -0.3 is 10.6 Å². The van der Waals surface area contributed by atoms with Crippen LogP contribution in [0.3, 0.4) is 0 Å². The molecule has 0 aromatic heterocycles. The summed E-state index contributed by atoms with van der Waals surface area (Å²) < 4.78 is 26.1. The first-order chi connectivity index (χ1) is 11.1. The van der Waals surface area contributed by atoms with Gasteiger partial charge in [-0.3, -0.25) is 9.59 Å². The van der Waals surface area contributed by atoms with Gasteiger partial charge in [-0.25, -0.2) is 8.78 Å². The Morgan fingerprint density at radius 1 is 1.17 bits per heavy atom. The van der Waals surface area contributed by atoms with Crippen molar-refractivity contribution >= 4 is 11.8 Å². The van der Waals surface area contributed by atoms with Gasteiger partial charge in [0.05, 0.1) is 0 Å². The zero-order valence-electron chi connectivity index (χ0n) is 12.1. The molecule has 2 aromatic rings. The third kappa shape index (κ3) is 3.06. The molecule has 0 fully saturated rings. The Kier molecular flexibility index (Phi) is 4.06. The topological polar surface area (TPSA) is 58.2 Å². The number of benzene rings is 2. The van der Waals surface area contributed by atoms with E-state index in [0.717, 1.165) is 17.7 Å². The van der Waals surface area contributed by atoms with Crippen molar-refractivity contribution in [2.45, 2.75) is 5.92 Å². The molecule has 0 aliphatic carbocycles. The zero-order valence-corrected chi connectivity index (χ0v) is 12.1. The average Bonchev–Trinajstić information content (AvgIpc) is 2.57. The highest BCUT2D eigenvalue weighted by molar-refractivity contribution is 5.97. The standard InChI is InChI=1S/C17H14F2N2O2/c18-14-6-5-10(7-15(14)19)16(22)20-8-11-9-21-17(23)13-4-2-1-3-12(11)13/h1-7,11H,8-9H2,(H,20,22)(H,21,23). The molecule has 23 heavy (non-hydrogen) atoms. The van der Waals surface area contributed by atoms with E-state index in [1.54, 1.807) is 12.1 Å². The summed E-state index contributed by atoms with van der Waals surface area (Å²) in [7, 11) is 0. The largest absolute Gasteiger partial charge is 0.351 e. The van der Waals surface area contributed by atoms with Crippen molar-refractivity contribution in [2.24, 2.45) is 0 Å². The van der Waals surface area contributed by atoms with E-state index in [1.165, 1.54) is 6.07 Å². The lowest BCUT2D eigenvalue weighted by Gasteiger charge is -2.25. The maximum absolute atomic E-state index is 13.2. The Morgan fingerprint density at radius 2 is 1.96 bits per heavy atom. The second-order valence-corrected chi connectivity index (χ2v) is 5.33. The first-order valence-electron chi connectivity index (χ1n) is 7.16. The predicted octanol–water partition coefficient (Wildman–Crippen LogP) is 2.22. The quantitative estimate of drug-likeness (QED) is 0.912. The van der Waals surface area contributed by atoms with Gasteiger partial charge in [-0.15, -0.1) is 0 Å². The second kappa shape index (κ2) is 6.16. The number of carbonyl (C=O) groups is 2. The monoisotopic (exact) mass is 316 g/mol. The third-order valence-corrected chi connectivity index (χ3v) is 3.85. The van der Waals surface area contributed by atoms with Crippen LogP contribution in [0.25, 0.3) is 0 Å². The molecular formula is C17H14F2N2O2. The number of amides is 2. The van der Waals surface area contributed by atoms with Gasteiger partial charge in [0.15, 0.2) is 11.6 Å². The van der Waals surface area contributed by atoms with E-state index in [1.807, 2.05) is 12.1 Å². The average molecular weight is 316 g/mol. The lowest BCUT2D eigenvalue weighted by atomic mass is 9.90. The van der Waals surface area contributed by atoms with Gasteiger partial charge >= 0.3 is 0 Å². The molecule has 4 nitrogen and oxygen atoms in total. The van der Waals surface area contributed by atoms with Gasteiger partial charge in [-0.05, 0) is 29.8 Å². The van der Waals surface area contributed by atoms with Crippen molar-refractivity contribution in [1.29, 1.82) is 0 Å². The molecule has 0 spiro atoms. The highest BCUT2D eigenvalue weighted by atomic mass is 19.2. The molecular weight excluding hydrogens is 302 g/mol. The van der Waals surface area contributed by atoms with Crippen LogP contribution in [0.15, 0.2) is 42.5 Å². The number of fused-ring (bicyclic) bond motifs is 1. The second-order valence-electron chi connectivity index (χ2n) is 5.33. The van der Waals surface area contributed by atoms with Crippen molar-refractivity contribution in [1.82, 2.24) is 10.6 Å². The smallest absolute Gasteiger partial charge is 0.251 e. The van der Waals surface area contributed by atoms with Crippen molar-refractivity contribution in [3.63, 3.8) is 0 Å². The summed E-state index contributed by atoms with van der Waals surface area (Å²) in [6.45, 7) is 0.697. The van der Waals surface area contributed by atoms with Crippen LogP contribution in [0, 0.1) is 11.6 Å². The van der Waals surface area contributed by atoms with Crippen LogP contribution < -0.4 is 10.6 Å². The SMILES string of the molecule is O=C(NCC1CNC(=O)c2ccccc21)c1ccc(F)c(F)c1. The molecule has 0 radical (unpaired) electrons. The fourth-order valence-corrected chi connectivity index (χ4v) is 2.62. The molecule has 1 heterocycles. The van der Waals surface area contributed by atoms with Crippen LogP contribution in [0.2, 0.25) is 0 Å². The van der Waals surface area contributed by atoms with Crippen LogP contribution in [-0.4, -0.2) is 24.9 Å². The summed E-state index contributed by atoms with van der Waals surface area (Å²) in [5, 5.41) is 5.46. The molecule has 0 saturated carbocycles. The number of carbonyl (C=O) groups excluding carboxylic acids is 2. The van der Waals surface area contributed by atoms with E-state index in [-0.39, 0.29) is 23.9 Å². The normalized spacial score (nSPS) is 16.4. The molecule has 2 amide bonds. The summed E-state index contributed by atoms with van der Waals surface area (Å²) in [6, 6.07) is 10.2. The molecule has 0 saturated heterocycles. The Hall–Kier alpha value is -2.76. The molecule has 1 aliphatic heterocycles. The fraction of sp³-hybridized carbons (Fsp3) is 0.176. The van der Waals surface area contributed by atoms with Crippen molar-refractivity contribution in [3.8, 4) is 0 Å². The maximum Gasteiger partial charge on any atom is 0.251 e. The maximum atomic E-state index is 13.2. The summed E-state index contributed by atoms with van der Waals surface area (Å²) >= 11 is 0. The summed E-state index contributed by atoms with van der Waals surface area (Å²) in [6.07, 6.45) is 0. The number of rotatable bonds is 3. The van der Waals surface area contributed by atoms with Crippen LogP contribution in [0.1, 0.15) is 32.2 Å². The minimum atomic E-state index is -1.06. The number of nitrogens with one attached hydrogen (secondary N) is 2. The molecule has 2 N–H and O–H groups in total. The number of hydrogen-bond donors (Lipinski definition) is 2. The number of hydrogen-bond acceptors (Lipinski definition) is 2. The summed E-state index contributed by atoms with van der Waals surface area (Å²) in [5.74, 6) is -2.75. The Morgan fingerprint density at radius 3 is 2.74 bits per heavy atom. The highest BCUT2D eigenvalue weighted by Gasteiger charge is 2.25. The molecule has 1 unspecified atom stereocenters. The molecule has 2 aromatic carbocycles. The van der Waals surface area contributed by atoms with Gasteiger partial charge in [-0.2, -0.15) is 0 Å². The lowest BCUT2D eigenvalue weighted by Crippen LogP contribution is -2.40. The molecule has 6 heteroatoms. The van der Waals surface area contributed by atoms with Crippen LogP contribution in [-0.2, 0) is 0 Å². The van der Waals surface area contributed by atoms with Gasteiger partial charge in [0, 0.05) is 30.1 Å². The van der Waals surface area contributed by atoms with Crippen LogP contribution in [0.4, 0.5) is 8.78 Å². The minimum absolute atomic E-state index is 0.0528. The highest BCUT2D eigenvalue weighted by Crippen LogP contribution is 2.23. The molecule has 0 bridgehead atoms.